The van der Waals surface area contributed by atoms with Gasteiger partial charge in [0, 0.05) is 19.0 Å². The molecule has 28 heavy (non-hydrogen) atoms. The highest BCUT2D eigenvalue weighted by Gasteiger charge is 2.13. The first-order chi connectivity index (χ1) is 13.5. The molecule has 0 fully saturated rings. The number of hydrogen-bond donors (Lipinski definition) is 1. The summed E-state index contributed by atoms with van der Waals surface area (Å²) >= 11 is 0. The quantitative estimate of drug-likeness (QED) is 0.637. The molecule has 7 heteroatoms. The predicted octanol–water partition coefficient (Wildman–Crippen LogP) is 2.55. The number of nitrogens with one attached hydrogen (secondary N) is 1. The van der Waals surface area contributed by atoms with E-state index in [1.807, 2.05) is 0 Å². The molecule has 3 aromatic rings. The number of aromatic nitrogens is 2. The van der Waals surface area contributed by atoms with E-state index in [-0.39, 0.29) is 30.4 Å². The molecule has 0 radical (unpaired) electrons. The Kier molecular flexibility index (Phi) is 5.84. The van der Waals surface area contributed by atoms with E-state index in [1.165, 1.54) is 4.90 Å². The van der Waals surface area contributed by atoms with Gasteiger partial charge in [0.05, 0.1) is 17.4 Å². The largest absolute Gasteiger partial charge is 0.484 e. The third kappa shape index (κ3) is 4.43. The summed E-state index contributed by atoms with van der Waals surface area (Å²) in [4.78, 5) is 44.6. The molecule has 0 aliphatic carbocycles. The molecule has 1 N–H and O–H groups in total. The second-order valence-electron chi connectivity index (χ2n) is 6.37. The Morgan fingerprint density at radius 3 is 2.54 bits per heavy atom. The standard InChI is InChI=1S/C21H21N3O4/c1-3-18(25)14-8-10-15(11-9-14)28-13-20(26)24(2)12-19-22-17-7-5-4-6-16(17)21(27)23-19/h4-11H,3,12-13H2,1-2H3,(H,22,23,27). The van der Waals surface area contributed by atoms with Crippen LogP contribution in [-0.4, -0.2) is 40.2 Å². The van der Waals surface area contributed by atoms with E-state index >= 15 is 0 Å². The lowest BCUT2D eigenvalue weighted by Crippen LogP contribution is -2.32. The first kappa shape index (κ1) is 19.3. The molecule has 0 saturated carbocycles. The van der Waals surface area contributed by atoms with E-state index < -0.39 is 0 Å². The van der Waals surface area contributed by atoms with Crippen LogP contribution in [-0.2, 0) is 11.3 Å². The molecule has 3 rings (SSSR count). The van der Waals surface area contributed by atoms with E-state index in [0.29, 0.717) is 34.5 Å². The monoisotopic (exact) mass is 379 g/mol. The zero-order chi connectivity index (χ0) is 20.1. The van der Waals surface area contributed by atoms with E-state index in [1.54, 1.807) is 62.5 Å². The normalized spacial score (nSPS) is 10.6. The molecule has 0 aliphatic heterocycles. The molecule has 0 atom stereocenters. The van der Waals surface area contributed by atoms with Crippen LogP contribution in [0.2, 0.25) is 0 Å². The lowest BCUT2D eigenvalue weighted by molar-refractivity contribution is -0.132. The summed E-state index contributed by atoms with van der Waals surface area (Å²) in [6.07, 6.45) is 0.439. The van der Waals surface area contributed by atoms with Crippen molar-refractivity contribution in [2.75, 3.05) is 13.7 Å². The highest BCUT2D eigenvalue weighted by atomic mass is 16.5. The second-order valence-corrected chi connectivity index (χ2v) is 6.37. The SMILES string of the molecule is CCC(=O)c1ccc(OCC(=O)N(C)Cc2nc3ccccc3c(=O)[nH]2)cc1. The Labute approximate surface area is 162 Å². The number of rotatable bonds is 7. The van der Waals surface area contributed by atoms with Crippen LogP contribution in [0.15, 0.2) is 53.3 Å². The van der Waals surface area contributed by atoms with Gasteiger partial charge in [-0.15, -0.1) is 0 Å². The minimum atomic E-state index is -0.260. The molecule has 1 heterocycles. The topological polar surface area (TPSA) is 92.4 Å². The highest BCUT2D eigenvalue weighted by Crippen LogP contribution is 2.14. The van der Waals surface area contributed by atoms with Gasteiger partial charge in [-0.1, -0.05) is 19.1 Å². The lowest BCUT2D eigenvalue weighted by atomic mass is 10.1. The van der Waals surface area contributed by atoms with Gasteiger partial charge in [-0.3, -0.25) is 14.4 Å². The van der Waals surface area contributed by atoms with Gasteiger partial charge in [-0.25, -0.2) is 4.98 Å². The van der Waals surface area contributed by atoms with Crippen LogP contribution >= 0.6 is 0 Å². The number of carbonyl (C=O) groups is 2. The Morgan fingerprint density at radius 1 is 1.11 bits per heavy atom. The van der Waals surface area contributed by atoms with Gasteiger partial charge in [0.25, 0.3) is 11.5 Å². The van der Waals surface area contributed by atoms with Gasteiger partial charge in [0.2, 0.25) is 0 Å². The van der Waals surface area contributed by atoms with Crippen LogP contribution in [0.1, 0.15) is 29.5 Å². The van der Waals surface area contributed by atoms with Crippen LogP contribution < -0.4 is 10.3 Å². The number of amides is 1. The molecule has 0 unspecified atom stereocenters. The Balaban J connectivity index is 1.60. The third-order valence-electron chi connectivity index (χ3n) is 4.33. The number of aromatic amines is 1. The lowest BCUT2D eigenvalue weighted by Gasteiger charge is -2.17. The van der Waals surface area contributed by atoms with Crippen molar-refractivity contribution in [3.05, 3.63) is 70.3 Å². The first-order valence-electron chi connectivity index (χ1n) is 8.96. The van der Waals surface area contributed by atoms with Gasteiger partial charge in [-0.2, -0.15) is 0 Å². The molecule has 1 aromatic heterocycles. The van der Waals surface area contributed by atoms with E-state index in [0.717, 1.165) is 0 Å². The summed E-state index contributed by atoms with van der Waals surface area (Å²) < 4.78 is 5.49. The van der Waals surface area contributed by atoms with E-state index in [2.05, 4.69) is 9.97 Å². The number of fused-ring (bicyclic) bond motifs is 1. The number of benzene rings is 2. The average Bonchev–Trinajstić information content (AvgIpc) is 2.71. The van der Waals surface area contributed by atoms with Crippen LogP contribution in [0.25, 0.3) is 10.9 Å². The van der Waals surface area contributed by atoms with Gasteiger partial charge in [0.15, 0.2) is 12.4 Å². The minimum Gasteiger partial charge on any atom is -0.484 e. The van der Waals surface area contributed by atoms with Gasteiger partial charge >= 0.3 is 0 Å². The molecule has 1 amide bonds. The van der Waals surface area contributed by atoms with E-state index in [4.69, 9.17) is 4.74 Å². The second kappa shape index (κ2) is 8.47. The summed E-state index contributed by atoms with van der Waals surface area (Å²) in [6.45, 7) is 1.81. The Morgan fingerprint density at radius 2 is 1.82 bits per heavy atom. The zero-order valence-corrected chi connectivity index (χ0v) is 15.8. The molecule has 7 nitrogen and oxygen atoms in total. The van der Waals surface area contributed by atoms with Crippen LogP contribution in [0, 0.1) is 0 Å². The molecular weight excluding hydrogens is 358 g/mol. The number of para-hydroxylation sites is 1. The number of H-pyrrole nitrogens is 1. The summed E-state index contributed by atoms with van der Waals surface area (Å²) in [6, 6.07) is 13.7. The zero-order valence-electron chi connectivity index (χ0n) is 15.8. The number of ketones is 1. The molecule has 0 spiro atoms. The number of hydrogen-bond acceptors (Lipinski definition) is 5. The first-order valence-corrected chi connectivity index (χ1v) is 8.96. The molecule has 2 aromatic carbocycles. The van der Waals surface area contributed by atoms with Gasteiger partial charge < -0.3 is 14.6 Å². The van der Waals surface area contributed by atoms with Crippen molar-refractivity contribution in [1.82, 2.24) is 14.9 Å². The number of nitrogens with zero attached hydrogens (tertiary/aromatic N) is 2. The smallest absolute Gasteiger partial charge is 0.260 e. The molecule has 0 bridgehead atoms. The Hall–Kier alpha value is -3.48. The fraction of sp³-hybridized carbons (Fsp3) is 0.238. The fourth-order valence-electron chi connectivity index (χ4n) is 2.72. The highest BCUT2D eigenvalue weighted by molar-refractivity contribution is 5.95. The van der Waals surface area contributed by atoms with Crippen molar-refractivity contribution in [2.24, 2.45) is 0 Å². The summed E-state index contributed by atoms with van der Waals surface area (Å²) in [5.74, 6) is 0.706. The van der Waals surface area contributed by atoms with Crippen LogP contribution in [0.4, 0.5) is 0 Å². The third-order valence-corrected chi connectivity index (χ3v) is 4.33. The maximum atomic E-state index is 12.3. The summed E-state index contributed by atoms with van der Waals surface area (Å²) in [7, 11) is 1.61. The molecule has 144 valence electrons. The summed E-state index contributed by atoms with van der Waals surface area (Å²) in [5, 5.41) is 0.508. The van der Waals surface area contributed by atoms with Crippen molar-refractivity contribution in [3.8, 4) is 5.75 Å². The van der Waals surface area contributed by atoms with E-state index in [9.17, 15) is 14.4 Å². The van der Waals surface area contributed by atoms with Crippen molar-refractivity contribution in [2.45, 2.75) is 19.9 Å². The van der Waals surface area contributed by atoms with Crippen molar-refractivity contribution < 1.29 is 14.3 Å². The number of likely N-dealkylation sites (N-methyl/N-ethyl adjacent to an activating group) is 1. The number of carbonyl (C=O) groups excluding carboxylic acids is 2. The van der Waals surface area contributed by atoms with Gasteiger partial charge in [0.1, 0.15) is 11.6 Å². The van der Waals surface area contributed by atoms with Crippen molar-refractivity contribution in [1.29, 1.82) is 0 Å². The number of ether oxygens (including phenoxy) is 1. The maximum absolute atomic E-state index is 12.3. The van der Waals surface area contributed by atoms with Crippen LogP contribution in [0.3, 0.4) is 0 Å². The summed E-state index contributed by atoms with van der Waals surface area (Å²) in [5.41, 5.74) is 0.962. The van der Waals surface area contributed by atoms with Crippen molar-refractivity contribution >= 4 is 22.6 Å². The van der Waals surface area contributed by atoms with Gasteiger partial charge in [-0.05, 0) is 36.4 Å². The van der Waals surface area contributed by atoms with Crippen molar-refractivity contribution in [3.63, 3.8) is 0 Å². The average molecular weight is 379 g/mol. The number of Topliss-reactive ketones (excluding diaryl/α,β-unsaturated/α-hetero) is 1. The fourth-order valence-corrected chi connectivity index (χ4v) is 2.72. The molecule has 0 aliphatic rings. The van der Waals surface area contributed by atoms with Crippen LogP contribution in [0.5, 0.6) is 5.75 Å². The predicted molar refractivity (Wildman–Crippen MR) is 105 cm³/mol. The molecular formula is C21H21N3O4. The maximum Gasteiger partial charge on any atom is 0.260 e. The Bertz CT molecular complexity index is 1060. The minimum absolute atomic E-state index is 0.0548. The molecule has 0 saturated heterocycles.